The topological polar surface area (TPSA) is 122 Å². The molecule has 4 unspecified atom stereocenters. The van der Waals surface area contributed by atoms with Crippen molar-refractivity contribution in [3.05, 3.63) is 35.4 Å². The van der Waals surface area contributed by atoms with E-state index < -0.39 is 24.4 Å². The number of rotatable bonds is 68. The monoisotopic (exact) mass is 1250 g/mol. The predicted molar refractivity (Wildman–Crippen MR) is 380 cm³/mol. The molecule has 0 heterocycles. The molecule has 10 heteroatoms. The molecule has 0 aromatic heterocycles. The van der Waals surface area contributed by atoms with E-state index in [1.165, 1.54) is 280 Å². The van der Waals surface area contributed by atoms with Crippen molar-refractivity contribution in [2.45, 2.75) is 386 Å². The van der Waals surface area contributed by atoms with Crippen LogP contribution in [-0.2, 0) is 0 Å². The van der Waals surface area contributed by atoms with Crippen LogP contribution in [0.25, 0.3) is 0 Å². The fourth-order valence-electron chi connectivity index (χ4n) is 12.4. The number of aliphatic hydroxyl groups is 4. The fourth-order valence-corrected chi connectivity index (χ4v) is 14.1. The average Bonchev–Trinajstić information content (AvgIpc) is 3.71. The van der Waals surface area contributed by atoms with Gasteiger partial charge < -0.3 is 20.4 Å². The summed E-state index contributed by atoms with van der Waals surface area (Å²) in [6.45, 7) is 12.3. The minimum Gasteiger partial charge on any atom is -0.392 e. The largest absolute Gasteiger partial charge is 0.392 e. The number of hydrogen-bond acceptors (Lipinski definition) is 10. The van der Waals surface area contributed by atoms with Gasteiger partial charge in [-0.2, -0.15) is 0 Å². The zero-order chi connectivity index (χ0) is 62.4. The third-order valence-electron chi connectivity index (χ3n) is 18.1. The summed E-state index contributed by atoms with van der Waals surface area (Å²) in [4.78, 5) is 31.8. The number of aliphatic hydroxyl groups excluding tert-OH is 4. The van der Waals surface area contributed by atoms with Gasteiger partial charge in [-0.05, 0) is 31.7 Å². The van der Waals surface area contributed by atoms with Gasteiger partial charge in [-0.15, -0.1) is 0 Å². The lowest BCUT2D eigenvalue weighted by atomic mass is 10.0. The number of carbonyl (C=O) groups excluding carboxylic acids is 2. The van der Waals surface area contributed by atoms with Gasteiger partial charge in [0.1, 0.15) is 0 Å². The van der Waals surface area contributed by atoms with Gasteiger partial charge in [0.05, 0.1) is 24.4 Å². The molecular formula is C76H144N2O6S2. The van der Waals surface area contributed by atoms with Crippen LogP contribution in [-0.4, -0.2) is 116 Å². The number of hydrogen-bond donors (Lipinski definition) is 4. The van der Waals surface area contributed by atoms with Crippen molar-refractivity contribution in [3.63, 3.8) is 0 Å². The highest BCUT2D eigenvalue weighted by Gasteiger charge is 2.20. The first-order chi connectivity index (χ1) is 42.1. The molecule has 0 aliphatic rings. The summed E-state index contributed by atoms with van der Waals surface area (Å²) in [6, 6.07) is 7.12. The smallest absolute Gasteiger partial charge is 0.219 e. The molecule has 86 heavy (non-hydrogen) atoms. The second kappa shape index (κ2) is 64.1. The summed E-state index contributed by atoms with van der Waals surface area (Å²) in [6.07, 6.45) is 63.1. The van der Waals surface area contributed by atoms with Gasteiger partial charge in [0.2, 0.25) is 10.2 Å². The summed E-state index contributed by atoms with van der Waals surface area (Å²) >= 11 is 2.50. The van der Waals surface area contributed by atoms with Gasteiger partial charge >= 0.3 is 0 Å². The van der Waals surface area contributed by atoms with E-state index in [2.05, 4.69) is 37.5 Å². The molecule has 1 aromatic carbocycles. The maximum atomic E-state index is 13.7. The van der Waals surface area contributed by atoms with E-state index in [0.717, 1.165) is 77.0 Å². The average molecular weight is 1250 g/mol. The molecular weight excluding hydrogens is 1100 g/mol. The lowest BCUT2D eigenvalue weighted by Crippen LogP contribution is -2.39. The fraction of sp³-hybridized carbons (Fsp3) is 0.895. The first-order valence-electron chi connectivity index (χ1n) is 37.7. The van der Waals surface area contributed by atoms with Gasteiger partial charge in [-0.3, -0.25) is 19.4 Å². The molecule has 4 N–H and O–H groups in total. The van der Waals surface area contributed by atoms with Crippen LogP contribution in [0.15, 0.2) is 24.3 Å². The molecule has 0 spiro atoms. The zero-order valence-corrected chi connectivity index (χ0v) is 59.0. The Bertz CT molecular complexity index is 1410. The van der Waals surface area contributed by atoms with Crippen molar-refractivity contribution in [2.75, 3.05) is 50.8 Å². The molecule has 0 saturated carbocycles. The maximum absolute atomic E-state index is 13.7. The van der Waals surface area contributed by atoms with Crippen LogP contribution in [0, 0.1) is 0 Å². The number of benzene rings is 1. The third-order valence-corrected chi connectivity index (χ3v) is 19.8. The van der Waals surface area contributed by atoms with E-state index in [1.54, 1.807) is 24.3 Å². The highest BCUT2D eigenvalue weighted by Crippen LogP contribution is 2.22. The van der Waals surface area contributed by atoms with Gasteiger partial charge in [-0.1, -0.05) is 378 Å². The van der Waals surface area contributed by atoms with Crippen molar-refractivity contribution in [1.29, 1.82) is 0 Å². The van der Waals surface area contributed by atoms with E-state index in [-0.39, 0.29) is 10.2 Å². The molecule has 0 amide bonds. The van der Waals surface area contributed by atoms with Gasteiger partial charge in [-0.25, -0.2) is 0 Å². The molecule has 0 fully saturated rings. The standard InChI is InChI=1S/C76H144N2O6S2/c1-5-9-13-17-21-25-29-33-37-41-45-49-56-71(79)65-77(66-72(80)57-50-46-42-38-34-30-26-22-18-14-10-6-2)60-62-85-75(83)69-54-53-55-70(64-69)76(84)86-63-61-78(67-73(81)58-51-47-43-39-35-31-27-23-19-15-11-7-3)68-74(82)59-52-48-44-40-36-32-28-24-20-16-12-8-4/h53-55,64,71-74,79-82H,5-52,56-63,65-68H2,1-4H3. The van der Waals surface area contributed by atoms with Crippen molar-refractivity contribution < 1.29 is 30.0 Å². The summed E-state index contributed by atoms with van der Waals surface area (Å²) < 4.78 is 0. The van der Waals surface area contributed by atoms with E-state index in [0.29, 0.717) is 61.9 Å². The minimum atomic E-state index is -0.465. The molecule has 0 saturated heterocycles. The van der Waals surface area contributed by atoms with Crippen LogP contribution in [0.3, 0.4) is 0 Å². The number of unbranched alkanes of at least 4 members (excludes halogenated alkanes) is 44. The molecule has 0 radical (unpaired) electrons. The quantitative estimate of drug-likeness (QED) is 0.0469. The highest BCUT2D eigenvalue weighted by molar-refractivity contribution is 8.14. The summed E-state index contributed by atoms with van der Waals surface area (Å²) in [7, 11) is 0. The zero-order valence-electron chi connectivity index (χ0n) is 57.4. The van der Waals surface area contributed by atoms with Crippen LogP contribution in [0.4, 0.5) is 0 Å². The van der Waals surface area contributed by atoms with E-state index in [4.69, 9.17) is 0 Å². The number of nitrogens with zero attached hydrogens (tertiary/aromatic N) is 2. The van der Waals surface area contributed by atoms with Crippen molar-refractivity contribution in [2.24, 2.45) is 0 Å². The predicted octanol–water partition coefficient (Wildman–Crippen LogP) is 21.8. The van der Waals surface area contributed by atoms with Crippen LogP contribution in [0.1, 0.15) is 382 Å². The minimum absolute atomic E-state index is 0.0748. The Hall–Kier alpha value is -0.980. The first-order valence-corrected chi connectivity index (χ1v) is 39.7. The number of carbonyl (C=O) groups is 2. The van der Waals surface area contributed by atoms with Crippen LogP contribution < -0.4 is 0 Å². The molecule has 0 aliphatic carbocycles. The van der Waals surface area contributed by atoms with E-state index >= 15 is 0 Å². The van der Waals surface area contributed by atoms with Gasteiger partial charge in [0, 0.05) is 61.9 Å². The molecule has 1 rings (SSSR count). The molecule has 1 aromatic rings. The molecule has 0 bridgehead atoms. The normalized spacial score (nSPS) is 13.3. The summed E-state index contributed by atoms with van der Waals surface area (Å²) in [5.74, 6) is 1.07. The van der Waals surface area contributed by atoms with Crippen molar-refractivity contribution in [3.8, 4) is 0 Å². The Morgan fingerprint density at radius 3 is 0.698 bits per heavy atom. The van der Waals surface area contributed by atoms with Crippen LogP contribution in [0.5, 0.6) is 0 Å². The maximum Gasteiger partial charge on any atom is 0.219 e. The van der Waals surface area contributed by atoms with E-state index in [1.807, 2.05) is 0 Å². The first kappa shape index (κ1) is 83.0. The van der Waals surface area contributed by atoms with Gasteiger partial charge in [0.25, 0.3) is 0 Å². The molecule has 0 aliphatic heterocycles. The Morgan fingerprint density at radius 1 is 0.314 bits per heavy atom. The Kier molecular flexibility index (Phi) is 61.9. The molecule has 8 nitrogen and oxygen atoms in total. The SMILES string of the molecule is CCCCCCCCCCCCCCC(O)CN(CCSC(=O)c1cccc(C(=O)SCCN(CC(O)CCCCCCCCCCCCCC)CC(O)CCCCCCCCCCCCCC)c1)CC(O)CCCCCCCCCCCCCC. The number of thioether (sulfide) groups is 2. The Balaban J connectivity index is 2.76. The lowest BCUT2D eigenvalue weighted by molar-refractivity contribution is 0.0634. The van der Waals surface area contributed by atoms with Gasteiger partial charge in [0.15, 0.2) is 0 Å². The molecule has 4 atom stereocenters. The van der Waals surface area contributed by atoms with E-state index in [9.17, 15) is 30.0 Å². The molecule has 506 valence electrons. The summed E-state index contributed by atoms with van der Waals surface area (Å²) in [5, 5.41) is 44.9. The van der Waals surface area contributed by atoms with Crippen molar-refractivity contribution >= 4 is 33.8 Å². The van der Waals surface area contributed by atoms with Crippen LogP contribution in [0.2, 0.25) is 0 Å². The summed E-state index contributed by atoms with van der Waals surface area (Å²) in [5.41, 5.74) is 1.02. The Morgan fingerprint density at radius 2 is 0.500 bits per heavy atom. The Labute approximate surface area is 542 Å². The van der Waals surface area contributed by atoms with Crippen molar-refractivity contribution in [1.82, 2.24) is 9.80 Å². The lowest BCUT2D eigenvalue weighted by Gasteiger charge is -2.27. The van der Waals surface area contributed by atoms with Crippen LogP contribution >= 0.6 is 23.5 Å². The second-order valence-corrected chi connectivity index (χ2v) is 28.8. The highest BCUT2D eigenvalue weighted by atomic mass is 32.2. The second-order valence-electron chi connectivity index (χ2n) is 26.7. The third kappa shape index (κ3) is 54.7.